The van der Waals surface area contributed by atoms with Gasteiger partial charge < -0.3 is 14.8 Å². The second-order valence-corrected chi connectivity index (χ2v) is 6.71. The molecule has 0 saturated heterocycles. The third kappa shape index (κ3) is 3.96. The summed E-state index contributed by atoms with van der Waals surface area (Å²) in [6.07, 6.45) is 1.73. The van der Waals surface area contributed by atoms with Crippen molar-refractivity contribution in [2.45, 2.75) is 46.7 Å². The summed E-state index contributed by atoms with van der Waals surface area (Å²) in [5.41, 5.74) is 4.09. The fourth-order valence-electron chi connectivity index (χ4n) is 3.30. The SMILES string of the molecule is CCc1cc2c(C[NH2+]CCCn3nc(C)cc3C)cc(=O)oc2cc1O. The van der Waals surface area contributed by atoms with Crippen molar-refractivity contribution >= 4 is 11.0 Å². The summed E-state index contributed by atoms with van der Waals surface area (Å²) in [5.74, 6) is 0.175. The van der Waals surface area contributed by atoms with Gasteiger partial charge in [-0.15, -0.1) is 0 Å². The van der Waals surface area contributed by atoms with Crippen molar-refractivity contribution in [1.82, 2.24) is 9.78 Å². The van der Waals surface area contributed by atoms with Crippen LogP contribution in [0.1, 0.15) is 35.9 Å². The van der Waals surface area contributed by atoms with Crippen molar-refractivity contribution in [3.05, 3.63) is 57.2 Å². The maximum absolute atomic E-state index is 11.8. The monoisotopic (exact) mass is 356 g/mol. The first-order chi connectivity index (χ1) is 12.5. The maximum atomic E-state index is 11.8. The van der Waals surface area contributed by atoms with Crippen LogP contribution in [0.5, 0.6) is 5.75 Å². The van der Waals surface area contributed by atoms with Crippen LogP contribution in [0.2, 0.25) is 0 Å². The van der Waals surface area contributed by atoms with Crippen LogP contribution in [0.15, 0.2) is 33.5 Å². The summed E-state index contributed by atoms with van der Waals surface area (Å²) >= 11 is 0. The molecule has 138 valence electrons. The highest BCUT2D eigenvalue weighted by Gasteiger charge is 2.11. The Balaban J connectivity index is 1.66. The first kappa shape index (κ1) is 18.2. The molecule has 26 heavy (non-hydrogen) atoms. The van der Waals surface area contributed by atoms with E-state index in [0.717, 1.165) is 48.1 Å². The Labute approximate surface area is 152 Å². The highest BCUT2D eigenvalue weighted by atomic mass is 16.4. The molecule has 3 N–H and O–H groups in total. The Hall–Kier alpha value is -2.60. The van der Waals surface area contributed by atoms with Crippen LogP contribution in [0.4, 0.5) is 0 Å². The number of rotatable bonds is 7. The zero-order valence-electron chi connectivity index (χ0n) is 15.6. The zero-order valence-corrected chi connectivity index (χ0v) is 15.6. The zero-order chi connectivity index (χ0) is 18.7. The van der Waals surface area contributed by atoms with Gasteiger partial charge in [0.15, 0.2) is 0 Å². The van der Waals surface area contributed by atoms with Crippen molar-refractivity contribution in [2.75, 3.05) is 6.54 Å². The number of aryl methyl sites for hydroxylation is 4. The molecule has 0 aliphatic heterocycles. The first-order valence-electron chi connectivity index (χ1n) is 9.09. The minimum Gasteiger partial charge on any atom is -0.508 e. The van der Waals surface area contributed by atoms with Crippen LogP contribution in [0.3, 0.4) is 0 Å². The molecule has 6 nitrogen and oxygen atoms in total. The van der Waals surface area contributed by atoms with E-state index in [0.29, 0.717) is 12.1 Å². The van der Waals surface area contributed by atoms with E-state index in [1.807, 2.05) is 24.6 Å². The van der Waals surface area contributed by atoms with Crippen molar-refractivity contribution in [2.24, 2.45) is 0 Å². The number of hydrogen-bond acceptors (Lipinski definition) is 4. The highest BCUT2D eigenvalue weighted by Crippen LogP contribution is 2.26. The van der Waals surface area contributed by atoms with Gasteiger partial charge in [-0.3, -0.25) is 4.68 Å². The van der Waals surface area contributed by atoms with Gasteiger partial charge in [0, 0.05) is 41.7 Å². The van der Waals surface area contributed by atoms with Gasteiger partial charge in [0.2, 0.25) is 0 Å². The van der Waals surface area contributed by atoms with Gasteiger partial charge in [-0.25, -0.2) is 4.79 Å². The Morgan fingerprint density at radius 2 is 2.00 bits per heavy atom. The molecule has 3 aromatic rings. The second-order valence-electron chi connectivity index (χ2n) is 6.71. The fourth-order valence-corrected chi connectivity index (χ4v) is 3.30. The maximum Gasteiger partial charge on any atom is 0.336 e. The number of aromatic nitrogens is 2. The van der Waals surface area contributed by atoms with Crippen LogP contribution in [0.25, 0.3) is 11.0 Å². The van der Waals surface area contributed by atoms with Crippen molar-refractivity contribution in [3.63, 3.8) is 0 Å². The third-order valence-electron chi connectivity index (χ3n) is 4.66. The molecule has 0 bridgehead atoms. The molecule has 0 radical (unpaired) electrons. The minimum atomic E-state index is -0.382. The van der Waals surface area contributed by atoms with Gasteiger partial charge in [-0.1, -0.05) is 6.92 Å². The lowest BCUT2D eigenvalue weighted by atomic mass is 10.0. The summed E-state index contributed by atoms with van der Waals surface area (Å²) in [7, 11) is 0. The lowest BCUT2D eigenvalue weighted by molar-refractivity contribution is -0.670. The van der Waals surface area contributed by atoms with Gasteiger partial charge in [0.1, 0.15) is 17.9 Å². The number of nitrogens with zero attached hydrogens (tertiary/aromatic N) is 2. The van der Waals surface area contributed by atoms with Crippen molar-refractivity contribution in [1.29, 1.82) is 0 Å². The van der Waals surface area contributed by atoms with E-state index in [1.54, 1.807) is 12.1 Å². The fraction of sp³-hybridized carbons (Fsp3) is 0.400. The van der Waals surface area contributed by atoms with E-state index in [4.69, 9.17) is 4.42 Å². The Morgan fingerprint density at radius 3 is 2.69 bits per heavy atom. The molecule has 0 fully saturated rings. The lowest BCUT2D eigenvalue weighted by Crippen LogP contribution is -2.82. The van der Waals surface area contributed by atoms with Crippen LogP contribution >= 0.6 is 0 Å². The van der Waals surface area contributed by atoms with Crippen LogP contribution < -0.4 is 10.9 Å². The van der Waals surface area contributed by atoms with E-state index in [-0.39, 0.29) is 11.4 Å². The van der Waals surface area contributed by atoms with Crippen LogP contribution in [-0.2, 0) is 19.5 Å². The predicted molar refractivity (Wildman–Crippen MR) is 100 cm³/mol. The predicted octanol–water partition coefficient (Wildman–Crippen LogP) is 2.03. The number of quaternary nitrogens is 1. The second kappa shape index (κ2) is 7.74. The van der Waals surface area contributed by atoms with Gasteiger partial charge >= 0.3 is 5.63 Å². The van der Waals surface area contributed by atoms with E-state index < -0.39 is 0 Å². The summed E-state index contributed by atoms with van der Waals surface area (Å²) in [4.78, 5) is 11.8. The number of nitrogens with two attached hydrogens (primary N) is 1. The number of hydrogen-bond donors (Lipinski definition) is 2. The molecule has 0 aliphatic rings. The standard InChI is InChI=1S/C20H25N3O3/c1-4-15-9-17-16(10-20(25)26-19(17)11-18(15)24)12-21-6-5-7-23-14(3)8-13(2)22-23/h8-11,21,24H,4-7,12H2,1-3H3/p+1. The number of aromatic hydroxyl groups is 1. The van der Waals surface area contributed by atoms with Gasteiger partial charge in [-0.05, 0) is 38.0 Å². The molecular weight excluding hydrogens is 330 g/mol. The Bertz CT molecular complexity index is 972. The summed E-state index contributed by atoms with van der Waals surface area (Å²) < 4.78 is 7.28. The van der Waals surface area contributed by atoms with E-state index in [9.17, 15) is 9.90 Å². The average molecular weight is 356 g/mol. The molecule has 0 aliphatic carbocycles. The van der Waals surface area contributed by atoms with Gasteiger partial charge in [-0.2, -0.15) is 5.10 Å². The van der Waals surface area contributed by atoms with Gasteiger partial charge in [0.25, 0.3) is 0 Å². The third-order valence-corrected chi connectivity index (χ3v) is 4.66. The molecule has 6 heteroatoms. The Morgan fingerprint density at radius 1 is 1.19 bits per heavy atom. The molecule has 3 rings (SSSR count). The summed E-state index contributed by atoms with van der Waals surface area (Å²) in [6.45, 7) is 8.60. The highest BCUT2D eigenvalue weighted by molar-refractivity contribution is 5.82. The van der Waals surface area contributed by atoms with Crippen LogP contribution in [0, 0.1) is 13.8 Å². The van der Waals surface area contributed by atoms with Crippen LogP contribution in [-0.4, -0.2) is 21.4 Å². The Kier molecular flexibility index (Phi) is 5.42. The van der Waals surface area contributed by atoms with Gasteiger partial charge in [0.05, 0.1) is 12.2 Å². The summed E-state index contributed by atoms with van der Waals surface area (Å²) in [6, 6.07) is 7.10. The van der Waals surface area contributed by atoms with Crippen molar-refractivity contribution < 1.29 is 14.8 Å². The summed E-state index contributed by atoms with van der Waals surface area (Å²) in [5, 5.41) is 17.6. The minimum absolute atomic E-state index is 0.175. The molecule has 0 spiro atoms. The van der Waals surface area contributed by atoms with E-state index in [2.05, 4.69) is 23.4 Å². The topological polar surface area (TPSA) is 84.9 Å². The molecular formula is C20H26N3O3+. The molecule has 0 atom stereocenters. The van der Waals surface area contributed by atoms with E-state index in [1.165, 1.54) is 5.69 Å². The smallest absolute Gasteiger partial charge is 0.336 e. The molecule has 0 amide bonds. The van der Waals surface area contributed by atoms with Crippen molar-refractivity contribution in [3.8, 4) is 5.75 Å². The molecule has 0 unspecified atom stereocenters. The number of fused-ring (bicyclic) bond motifs is 1. The molecule has 2 aromatic heterocycles. The molecule has 2 heterocycles. The largest absolute Gasteiger partial charge is 0.508 e. The number of phenols is 1. The normalized spacial score (nSPS) is 11.3. The molecule has 0 saturated carbocycles. The molecule has 1 aromatic carbocycles. The first-order valence-corrected chi connectivity index (χ1v) is 9.09. The quantitative estimate of drug-likeness (QED) is 0.501. The lowest BCUT2D eigenvalue weighted by Gasteiger charge is -2.08. The van der Waals surface area contributed by atoms with E-state index >= 15 is 0 Å². The average Bonchev–Trinajstić information content (AvgIpc) is 2.91. The number of phenolic OH excluding ortho intramolecular Hbond substituents is 1. The number of benzene rings is 1.